The van der Waals surface area contributed by atoms with Crippen LogP contribution in [0, 0.1) is 0 Å². The first-order valence-electron chi connectivity index (χ1n) is 4.20. The molecule has 0 spiro atoms. The van der Waals surface area contributed by atoms with Gasteiger partial charge >= 0.3 is 5.97 Å². The fourth-order valence-corrected chi connectivity index (χ4v) is 1.15. The molecule has 1 aromatic rings. The number of nitrogens with one attached hydrogen (secondary N) is 1. The summed E-state index contributed by atoms with van der Waals surface area (Å²) in [5.74, 6) is -0.368. The molecular weight excluding hydrogens is 214 g/mol. The summed E-state index contributed by atoms with van der Waals surface area (Å²) in [5.41, 5.74) is 6.56. The number of methoxy groups -OCH3 is 1. The molecule has 0 aromatic carbocycles. The second-order valence-corrected chi connectivity index (χ2v) is 3.13. The van der Waals surface area contributed by atoms with E-state index in [4.69, 9.17) is 18.0 Å². The van der Waals surface area contributed by atoms with Crippen molar-refractivity contribution in [1.82, 2.24) is 4.98 Å². The average molecular weight is 225 g/mol. The molecule has 0 saturated heterocycles. The fourth-order valence-electron chi connectivity index (χ4n) is 0.984. The lowest BCUT2D eigenvalue weighted by Gasteiger charge is -2.08. The van der Waals surface area contributed by atoms with Crippen molar-refractivity contribution in [2.45, 2.75) is 0 Å². The molecule has 5 nitrogen and oxygen atoms in total. The summed E-state index contributed by atoms with van der Waals surface area (Å²) in [6.07, 6.45) is 1.58. The third kappa shape index (κ3) is 3.17. The van der Waals surface area contributed by atoms with Crippen molar-refractivity contribution >= 4 is 28.9 Å². The molecule has 0 aliphatic rings. The van der Waals surface area contributed by atoms with Gasteiger partial charge in [-0.1, -0.05) is 12.2 Å². The number of anilines is 1. The van der Waals surface area contributed by atoms with E-state index in [1.54, 1.807) is 18.3 Å². The third-order valence-electron chi connectivity index (χ3n) is 1.69. The highest BCUT2D eigenvalue weighted by Gasteiger charge is 2.07. The number of carbonyl (C=O) groups is 1. The highest BCUT2D eigenvalue weighted by molar-refractivity contribution is 7.80. The highest BCUT2D eigenvalue weighted by atomic mass is 32.1. The number of esters is 1. The molecule has 0 bridgehead atoms. The summed E-state index contributed by atoms with van der Waals surface area (Å²) in [5, 5.41) is 2.84. The van der Waals surface area contributed by atoms with Crippen LogP contribution in [0.4, 0.5) is 5.69 Å². The van der Waals surface area contributed by atoms with Crippen molar-refractivity contribution < 1.29 is 9.53 Å². The van der Waals surface area contributed by atoms with Crippen molar-refractivity contribution in [1.29, 1.82) is 0 Å². The van der Waals surface area contributed by atoms with Gasteiger partial charge in [0.05, 0.1) is 12.8 Å². The van der Waals surface area contributed by atoms with Gasteiger partial charge in [-0.3, -0.25) is 9.78 Å². The molecule has 1 rings (SSSR count). The summed E-state index contributed by atoms with van der Waals surface area (Å²) in [4.78, 5) is 15.1. The summed E-state index contributed by atoms with van der Waals surface area (Å²) in [7, 11) is 1.32. The van der Waals surface area contributed by atoms with Crippen molar-refractivity contribution in [3.8, 4) is 0 Å². The van der Waals surface area contributed by atoms with Crippen LogP contribution in [-0.2, 0) is 9.53 Å². The van der Waals surface area contributed by atoms with E-state index >= 15 is 0 Å². The number of hydrogen-bond acceptors (Lipinski definition) is 5. The monoisotopic (exact) mass is 225 g/mol. The van der Waals surface area contributed by atoms with Crippen LogP contribution >= 0.6 is 12.2 Å². The number of pyridine rings is 1. The van der Waals surface area contributed by atoms with Crippen LogP contribution in [0.1, 0.15) is 5.69 Å². The lowest BCUT2D eigenvalue weighted by atomic mass is 10.3. The maximum Gasteiger partial charge on any atom is 0.325 e. The van der Waals surface area contributed by atoms with Crippen LogP contribution in [0.2, 0.25) is 0 Å². The Balaban J connectivity index is 2.76. The standard InChI is InChI=1S/C9H11N3O2S/c1-14-7(13)5-12-6-3-2-4-11-8(6)9(10)15/h2-4,12H,5H2,1H3,(H2,10,15). The minimum absolute atomic E-state index is 0.0534. The summed E-state index contributed by atoms with van der Waals surface area (Å²) >= 11 is 4.82. The molecule has 0 unspecified atom stereocenters. The Bertz CT molecular complexity index is 381. The van der Waals surface area contributed by atoms with E-state index in [0.717, 1.165) is 0 Å². The van der Waals surface area contributed by atoms with Gasteiger partial charge in [-0.2, -0.15) is 0 Å². The Kier molecular flexibility index (Phi) is 3.99. The predicted octanol–water partition coefficient (Wildman–Crippen LogP) is 0.301. The Morgan fingerprint density at radius 3 is 3.07 bits per heavy atom. The number of nitrogens with zero attached hydrogens (tertiary/aromatic N) is 1. The Morgan fingerprint density at radius 1 is 1.73 bits per heavy atom. The molecule has 80 valence electrons. The van der Waals surface area contributed by atoms with Gasteiger partial charge in [-0.25, -0.2) is 0 Å². The van der Waals surface area contributed by atoms with Crippen molar-refractivity contribution in [3.63, 3.8) is 0 Å². The number of ether oxygens (including phenoxy) is 1. The van der Waals surface area contributed by atoms with Crippen molar-refractivity contribution in [3.05, 3.63) is 24.0 Å². The first-order chi connectivity index (χ1) is 7.15. The number of hydrogen-bond donors (Lipinski definition) is 2. The molecule has 0 atom stereocenters. The smallest absolute Gasteiger partial charge is 0.325 e. The molecule has 0 aliphatic carbocycles. The van der Waals surface area contributed by atoms with Crippen LogP contribution < -0.4 is 11.1 Å². The molecule has 15 heavy (non-hydrogen) atoms. The maximum absolute atomic E-state index is 10.9. The molecular formula is C9H11N3O2S. The minimum atomic E-state index is -0.368. The quantitative estimate of drug-likeness (QED) is 0.567. The van der Waals surface area contributed by atoms with E-state index in [0.29, 0.717) is 11.4 Å². The number of rotatable bonds is 4. The number of carbonyl (C=O) groups excluding carboxylic acids is 1. The summed E-state index contributed by atoms with van der Waals surface area (Å²) in [6, 6.07) is 3.46. The molecule has 1 aromatic heterocycles. The second kappa shape index (κ2) is 5.26. The van der Waals surface area contributed by atoms with Crippen LogP contribution in [0.5, 0.6) is 0 Å². The first-order valence-corrected chi connectivity index (χ1v) is 4.61. The molecule has 0 fully saturated rings. The van der Waals surface area contributed by atoms with Gasteiger partial charge in [0, 0.05) is 6.20 Å². The lowest BCUT2D eigenvalue weighted by Crippen LogP contribution is -2.19. The van der Waals surface area contributed by atoms with Crippen LogP contribution in [-0.4, -0.2) is 29.6 Å². The zero-order valence-electron chi connectivity index (χ0n) is 8.19. The van der Waals surface area contributed by atoms with Gasteiger partial charge in [-0.05, 0) is 12.1 Å². The molecule has 6 heteroatoms. The van der Waals surface area contributed by atoms with E-state index in [9.17, 15) is 4.79 Å². The number of aromatic nitrogens is 1. The zero-order chi connectivity index (χ0) is 11.3. The van der Waals surface area contributed by atoms with Gasteiger partial charge in [-0.15, -0.1) is 0 Å². The molecule has 0 saturated carbocycles. The van der Waals surface area contributed by atoms with E-state index in [-0.39, 0.29) is 17.5 Å². The summed E-state index contributed by atoms with van der Waals surface area (Å²) < 4.78 is 4.49. The van der Waals surface area contributed by atoms with Gasteiger partial charge in [0.15, 0.2) is 0 Å². The van der Waals surface area contributed by atoms with Gasteiger partial charge < -0.3 is 15.8 Å². The van der Waals surface area contributed by atoms with Gasteiger partial charge in [0.1, 0.15) is 17.2 Å². The largest absolute Gasteiger partial charge is 0.468 e. The van der Waals surface area contributed by atoms with Gasteiger partial charge in [0.25, 0.3) is 0 Å². The Morgan fingerprint density at radius 2 is 2.47 bits per heavy atom. The third-order valence-corrected chi connectivity index (χ3v) is 1.89. The van der Waals surface area contributed by atoms with E-state index in [2.05, 4.69) is 15.0 Å². The van der Waals surface area contributed by atoms with Crippen LogP contribution in [0.15, 0.2) is 18.3 Å². The Labute approximate surface area is 92.6 Å². The number of thiocarbonyl (C=S) groups is 1. The van der Waals surface area contributed by atoms with E-state index in [1.807, 2.05) is 0 Å². The van der Waals surface area contributed by atoms with Crippen LogP contribution in [0.3, 0.4) is 0 Å². The summed E-state index contributed by atoms with van der Waals surface area (Å²) in [6.45, 7) is 0.0534. The number of nitrogens with two attached hydrogens (primary N) is 1. The topological polar surface area (TPSA) is 77.2 Å². The molecule has 0 amide bonds. The SMILES string of the molecule is COC(=O)CNc1cccnc1C(N)=S. The predicted molar refractivity (Wildman–Crippen MR) is 60.6 cm³/mol. The molecule has 0 aliphatic heterocycles. The normalized spacial score (nSPS) is 9.40. The zero-order valence-corrected chi connectivity index (χ0v) is 9.00. The fraction of sp³-hybridized carbons (Fsp3) is 0.222. The minimum Gasteiger partial charge on any atom is -0.468 e. The van der Waals surface area contributed by atoms with Crippen molar-refractivity contribution in [2.75, 3.05) is 19.0 Å². The molecule has 1 heterocycles. The highest BCUT2D eigenvalue weighted by Crippen LogP contribution is 2.11. The molecule has 3 N–H and O–H groups in total. The van der Waals surface area contributed by atoms with Crippen LogP contribution in [0.25, 0.3) is 0 Å². The van der Waals surface area contributed by atoms with Crippen molar-refractivity contribution in [2.24, 2.45) is 5.73 Å². The first kappa shape index (κ1) is 11.4. The average Bonchev–Trinajstić information content (AvgIpc) is 2.26. The Hall–Kier alpha value is -1.69. The maximum atomic E-state index is 10.9. The lowest BCUT2D eigenvalue weighted by molar-refractivity contribution is -0.138. The van der Waals surface area contributed by atoms with Gasteiger partial charge in [0.2, 0.25) is 0 Å². The molecule has 0 radical (unpaired) electrons. The second-order valence-electron chi connectivity index (χ2n) is 2.69. The van der Waals surface area contributed by atoms with E-state index in [1.165, 1.54) is 7.11 Å². The van der Waals surface area contributed by atoms with E-state index < -0.39 is 0 Å².